The van der Waals surface area contributed by atoms with Crippen LogP contribution in [0.4, 0.5) is 8.78 Å². The molecule has 0 radical (unpaired) electrons. The second-order valence-corrected chi connectivity index (χ2v) is 4.74. The molecule has 0 aliphatic carbocycles. The summed E-state index contributed by atoms with van der Waals surface area (Å²) in [6.45, 7) is 3.83. The molecule has 0 saturated heterocycles. The fraction of sp³-hybridized carbons (Fsp3) is 0.538. The highest BCUT2D eigenvalue weighted by atomic mass is 19.1. The number of methoxy groups -OCH3 is 1. The second-order valence-electron chi connectivity index (χ2n) is 4.74. The van der Waals surface area contributed by atoms with E-state index in [4.69, 9.17) is 10.5 Å². The Labute approximate surface area is 101 Å². The monoisotopic (exact) mass is 243 g/mol. The molecule has 1 rings (SSSR count). The van der Waals surface area contributed by atoms with Crippen LogP contribution in [0.25, 0.3) is 0 Å². The van der Waals surface area contributed by atoms with E-state index in [0.717, 1.165) is 0 Å². The number of hydrogen-bond donors (Lipinski definition) is 1. The van der Waals surface area contributed by atoms with Gasteiger partial charge in [-0.15, -0.1) is 0 Å². The molecule has 0 amide bonds. The van der Waals surface area contributed by atoms with Gasteiger partial charge in [0.25, 0.3) is 0 Å². The highest BCUT2D eigenvalue weighted by Gasteiger charge is 2.21. The Morgan fingerprint density at radius 1 is 1.29 bits per heavy atom. The molecule has 17 heavy (non-hydrogen) atoms. The van der Waals surface area contributed by atoms with Crippen LogP contribution in [0.2, 0.25) is 0 Å². The van der Waals surface area contributed by atoms with E-state index in [2.05, 4.69) is 0 Å². The third-order valence-corrected chi connectivity index (χ3v) is 2.98. The summed E-state index contributed by atoms with van der Waals surface area (Å²) >= 11 is 0. The average Bonchev–Trinajstić information content (AvgIpc) is 2.26. The standard InChI is InChI=1S/C13H19F2NO/c1-13(2,17-3)8-7-11(16)12-9(14)5-4-6-10(12)15/h4-6,11H,7-8,16H2,1-3H3. The molecule has 2 N–H and O–H groups in total. The Balaban J connectivity index is 2.74. The van der Waals surface area contributed by atoms with E-state index in [1.165, 1.54) is 18.2 Å². The normalized spacial score (nSPS) is 13.8. The summed E-state index contributed by atoms with van der Waals surface area (Å²) in [7, 11) is 1.61. The van der Waals surface area contributed by atoms with Gasteiger partial charge in [-0.1, -0.05) is 6.07 Å². The first kappa shape index (κ1) is 14.1. The molecule has 4 heteroatoms. The SMILES string of the molecule is COC(C)(C)CCC(N)c1c(F)cccc1F. The van der Waals surface area contributed by atoms with Crippen molar-refractivity contribution < 1.29 is 13.5 Å². The molecule has 0 aromatic heterocycles. The first-order valence-corrected chi connectivity index (χ1v) is 5.62. The Bertz CT molecular complexity index is 359. The van der Waals surface area contributed by atoms with Crippen LogP contribution in [0.1, 0.15) is 38.3 Å². The van der Waals surface area contributed by atoms with Crippen LogP contribution in [-0.2, 0) is 4.74 Å². The third kappa shape index (κ3) is 3.75. The van der Waals surface area contributed by atoms with Gasteiger partial charge in [0.2, 0.25) is 0 Å². The largest absolute Gasteiger partial charge is 0.379 e. The van der Waals surface area contributed by atoms with Gasteiger partial charge in [0.1, 0.15) is 11.6 Å². The summed E-state index contributed by atoms with van der Waals surface area (Å²) in [6.07, 6.45) is 1.11. The molecular formula is C13H19F2NO. The van der Waals surface area contributed by atoms with Crippen molar-refractivity contribution in [2.45, 2.75) is 38.3 Å². The number of halogens is 2. The van der Waals surface area contributed by atoms with E-state index in [-0.39, 0.29) is 11.2 Å². The van der Waals surface area contributed by atoms with Gasteiger partial charge in [-0.3, -0.25) is 0 Å². The van der Waals surface area contributed by atoms with Gasteiger partial charge in [0.15, 0.2) is 0 Å². The molecule has 96 valence electrons. The lowest BCUT2D eigenvalue weighted by Gasteiger charge is -2.24. The number of hydrogen-bond acceptors (Lipinski definition) is 2. The molecular weight excluding hydrogens is 224 g/mol. The van der Waals surface area contributed by atoms with Crippen molar-refractivity contribution >= 4 is 0 Å². The molecule has 0 fully saturated rings. The smallest absolute Gasteiger partial charge is 0.130 e. The van der Waals surface area contributed by atoms with Crippen LogP contribution in [0.15, 0.2) is 18.2 Å². The fourth-order valence-corrected chi connectivity index (χ4v) is 1.61. The minimum atomic E-state index is -0.648. The molecule has 2 nitrogen and oxygen atoms in total. The maximum absolute atomic E-state index is 13.5. The van der Waals surface area contributed by atoms with Gasteiger partial charge in [-0.2, -0.15) is 0 Å². The Morgan fingerprint density at radius 2 is 1.82 bits per heavy atom. The van der Waals surface area contributed by atoms with Gasteiger partial charge in [0, 0.05) is 18.7 Å². The molecule has 1 unspecified atom stereocenters. The number of rotatable bonds is 5. The van der Waals surface area contributed by atoms with Crippen molar-refractivity contribution in [1.82, 2.24) is 0 Å². The van der Waals surface area contributed by atoms with Gasteiger partial charge in [-0.05, 0) is 38.8 Å². The van der Waals surface area contributed by atoms with Crippen molar-refractivity contribution in [1.29, 1.82) is 0 Å². The van der Waals surface area contributed by atoms with Crippen LogP contribution in [0.5, 0.6) is 0 Å². The highest BCUT2D eigenvalue weighted by molar-refractivity contribution is 5.22. The zero-order valence-corrected chi connectivity index (χ0v) is 10.5. The van der Waals surface area contributed by atoms with Crippen LogP contribution in [0.3, 0.4) is 0 Å². The Kier molecular flexibility index (Phi) is 4.60. The van der Waals surface area contributed by atoms with E-state index in [1.807, 2.05) is 13.8 Å². The molecule has 1 atom stereocenters. The lowest BCUT2D eigenvalue weighted by Crippen LogP contribution is -2.25. The molecule has 0 bridgehead atoms. The molecule has 0 aliphatic rings. The van der Waals surface area contributed by atoms with E-state index < -0.39 is 17.7 Å². The second kappa shape index (κ2) is 5.56. The van der Waals surface area contributed by atoms with E-state index in [1.54, 1.807) is 7.11 Å². The summed E-state index contributed by atoms with van der Waals surface area (Å²) in [5, 5.41) is 0. The number of nitrogens with two attached hydrogens (primary N) is 1. The average molecular weight is 243 g/mol. The maximum atomic E-state index is 13.5. The zero-order valence-electron chi connectivity index (χ0n) is 10.5. The third-order valence-electron chi connectivity index (χ3n) is 2.98. The van der Waals surface area contributed by atoms with Crippen LogP contribution < -0.4 is 5.73 Å². The van der Waals surface area contributed by atoms with Gasteiger partial charge in [0.05, 0.1) is 5.60 Å². The van der Waals surface area contributed by atoms with Gasteiger partial charge >= 0.3 is 0 Å². The highest BCUT2D eigenvalue weighted by Crippen LogP contribution is 2.26. The van der Waals surface area contributed by atoms with E-state index in [0.29, 0.717) is 12.8 Å². The molecule has 1 aromatic rings. The fourth-order valence-electron chi connectivity index (χ4n) is 1.61. The number of benzene rings is 1. The van der Waals surface area contributed by atoms with Crippen molar-refractivity contribution in [3.63, 3.8) is 0 Å². The molecule has 0 heterocycles. The number of ether oxygens (including phenoxy) is 1. The van der Waals surface area contributed by atoms with Crippen LogP contribution in [-0.4, -0.2) is 12.7 Å². The predicted octanol–water partition coefficient (Wildman–Crippen LogP) is 3.17. The Hall–Kier alpha value is -1.00. The first-order valence-electron chi connectivity index (χ1n) is 5.62. The summed E-state index contributed by atoms with van der Waals surface area (Å²) in [5.74, 6) is -1.18. The summed E-state index contributed by atoms with van der Waals surface area (Å²) < 4.78 is 32.1. The lowest BCUT2D eigenvalue weighted by molar-refractivity contribution is 0.0123. The summed E-state index contributed by atoms with van der Waals surface area (Å²) in [5.41, 5.74) is 5.45. The molecule has 0 spiro atoms. The summed E-state index contributed by atoms with van der Waals surface area (Å²) in [6, 6.07) is 3.13. The minimum Gasteiger partial charge on any atom is -0.379 e. The van der Waals surface area contributed by atoms with Crippen LogP contribution in [0, 0.1) is 11.6 Å². The van der Waals surface area contributed by atoms with Crippen molar-refractivity contribution in [3.05, 3.63) is 35.4 Å². The molecule has 0 saturated carbocycles. The first-order chi connectivity index (χ1) is 7.87. The zero-order chi connectivity index (χ0) is 13.1. The minimum absolute atomic E-state index is 0.0422. The summed E-state index contributed by atoms with van der Waals surface area (Å²) in [4.78, 5) is 0. The van der Waals surface area contributed by atoms with Crippen LogP contribution >= 0.6 is 0 Å². The lowest BCUT2D eigenvalue weighted by atomic mass is 9.95. The Morgan fingerprint density at radius 3 is 2.29 bits per heavy atom. The predicted molar refractivity (Wildman–Crippen MR) is 63.6 cm³/mol. The topological polar surface area (TPSA) is 35.2 Å². The van der Waals surface area contributed by atoms with E-state index >= 15 is 0 Å². The van der Waals surface area contributed by atoms with Crippen molar-refractivity contribution in [2.24, 2.45) is 5.73 Å². The molecule has 0 aliphatic heterocycles. The quantitative estimate of drug-likeness (QED) is 0.862. The van der Waals surface area contributed by atoms with Crippen molar-refractivity contribution in [3.8, 4) is 0 Å². The van der Waals surface area contributed by atoms with Crippen molar-refractivity contribution in [2.75, 3.05) is 7.11 Å². The van der Waals surface area contributed by atoms with E-state index in [9.17, 15) is 8.78 Å². The molecule has 1 aromatic carbocycles. The van der Waals surface area contributed by atoms with Gasteiger partial charge < -0.3 is 10.5 Å². The van der Waals surface area contributed by atoms with Gasteiger partial charge in [-0.25, -0.2) is 8.78 Å². The maximum Gasteiger partial charge on any atom is 0.130 e.